The van der Waals surface area contributed by atoms with Crippen LogP contribution in [0.15, 0.2) is 24.3 Å². The van der Waals surface area contributed by atoms with E-state index in [2.05, 4.69) is 10.6 Å². The minimum atomic E-state index is -1.30. The number of nitriles is 1. The minimum absolute atomic E-state index is 0.352. The van der Waals surface area contributed by atoms with E-state index in [0.29, 0.717) is 11.1 Å². The van der Waals surface area contributed by atoms with Crippen molar-refractivity contribution in [3.05, 3.63) is 35.4 Å². The molecule has 7 nitrogen and oxygen atoms in total. The number of benzene rings is 1. The van der Waals surface area contributed by atoms with E-state index in [1.807, 2.05) is 26.8 Å². The second-order valence-electron chi connectivity index (χ2n) is 6.94. The zero-order valence-electron chi connectivity index (χ0n) is 14.1. The van der Waals surface area contributed by atoms with Crippen molar-refractivity contribution in [1.29, 1.82) is 5.26 Å². The van der Waals surface area contributed by atoms with Crippen LogP contribution in [0.4, 0.5) is 4.79 Å². The highest BCUT2D eigenvalue weighted by Crippen LogP contribution is 2.29. The van der Waals surface area contributed by atoms with E-state index in [1.165, 1.54) is 0 Å². The third-order valence-corrected chi connectivity index (χ3v) is 3.66. The number of hydrogen-bond acceptors (Lipinski definition) is 4. The van der Waals surface area contributed by atoms with Gasteiger partial charge in [0.05, 0.1) is 11.6 Å². The topological polar surface area (TPSA) is 102 Å². The Morgan fingerprint density at radius 1 is 1.38 bits per heavy atom. The number of amides is 4. The van der Waals surface area contributed by atoms with Gasteiger partial charge in [0, 0.05) is 5.54 Å². The summed E-state index contributed by atoms with van der Waals surface area (Å²) in [7, 11) is 0. The number of carbonyl (C=O) groups excluding carboxylic acids is 3. The fourth-order valence-corrected chi connectivity index (χ4v) is 2.54. The summed E-state index contributed by atoms with van der Waals surface area (Å²) in [6.07, 6.45) is 0. The first-order valence-corrected chi connectivity index (χ1v) is 7.52. The lowest BCUT2D eigenvalue weighted by molar-refractivity contribution is -0.135. The Morgan fingerprint density at radius 2 is 2.04 bits per heavy atom. The van der Waals surface area contributed by atoms with E-state index < -0.39 is 28.9 Å². The van der Waals surface area contributed by atoms with E-state index in [1.54, 1.807) is 31.2 Å². The number of hydrogen-bond donors (Lipinski definition) is 2. The summed E-state index contributed by atoms with van der Waals surface area (Å²) >= 11 is 0. The van der Waals surface area contributed by atoms with Gasteiger partial charge in [0.2, 0.25) is 5.91 Å². The number of urea groups is 1. The molecule has 24 heavy (non-hydrogen) atoms. The van der Waals surface area contributed by atoms with Crippen molar-refractivity contribution < 1.29 is 14.4 Å². The third kappa shape index (κ3) is 3.38. The van der Waals surface area contributed by atoms with Gasteiger partial charge in [0.25, 0.3) is 5.91 Å². The van der Waals surface area contributed by atoms with Crippen LogP contribution in [0.5, 0.6) is 0 Å². The Balaban J connectivity index is 2.24. The Kier molecular flexibility index (Phi) is 4.34. The first kappa shape index (κ1) is 17.5. The predicted octanol–water partition coefficient (Wildman–Crippen LogP) is 1.24. The maximum absolute atomic E-state index is 12.7. The lowest BCUT2D eigenvalue weighted by atomic mass is 9.91. The summed E-state index contributed by atoms with van der Waals surface area (Å²) in [5.74, 6) is -0.937. The molecule has 1 aliphatic rings. The number of nitrogens with zero attached hydrogens (tertiary/aromatic N) is 2. The molecule has 0 aliphatic carbocycles. The van der Waals surface area contributed by atoms with Gasteiger partial charge < -0.3 is 10.6 Å². The SMILES string of the molecule is CC(C)(C)NC(=O)CN1C(=O)N[C@](C)(c2cccc(C#N)c2)C1=O. The van der Waals surface area contributed by atoms with Crippen LogP contribution in [0, 0.1) is 11.3 Å². The Hall–Kier alpha value is -2.88. The number of imide groups is 1. The van der Waals surface area contributed by atoms with E-state index in [4.69, 9.17) is 5.26 Å². The molecule has 4 amide bonds. The molecule has 1 heterocycles. The summed E-state index contributed by atoms with van der Waals surface area (Å²) in [4.78, 5) is 37.8. The van der Waals surface area contributed by atoms with E-state index in [9.17, 15) is 14.4 Å². The van der Waals surface area contributed by atoms with Crippen LogP contribution in [-0.2, 0) is 15.1 Å². The highest BCUT2D eigenvalue weighted by Gasteiger charge is 2.49. The lowest BCUT2D eigenvalue weighted by Crippen LogP contribution is -2.48. The lowest BCUT2D eigenvalue weighted by Gasteiger charge is -2.24. The largest absolute Gasteiger partial charge is 0.350 e. The summed E-state index contributed by atoms with van der Waals surface area (Å²) < 4.78 is 0. The van der Waals surface area contributed by atoms with Crippen molar-refractivity contribution in [2.75, 3.05) is 6.54 Å². The normalized spacial score (nSPS) is 20.5. The van der Waals surface area contributed by atoms with Gasteiger partial charge in [-0.1, -0.05) is 12.1 Å². The fraction of sp³-hybridized carbons (Fsp3) is 0.412. The molecule has 0 spiro atoms. The maximum Gasteiger partial charge on any atom is 0.325 e. The van der Waals surface area contributed by atoms with Crippen LogP contribution in [0.1, 0.15) is 38.8 Å². The molecule has 1 fully saturated rings. The third-order valence-electron chi connectivity index (χ3n) is 3.66. The summed E-state index contributed by atoms with van der Waals surface area (Å²) in [6.45, 7) is 6.65. The molecule has 1 saturated heterocycles. The highest BCUT2D eigenvalue weighted by atomic mass is 16.2. The Morgan fingerprint density at radius 3 is 2.62 bits per heavy atom. The Bertz CT molecular complexity index is 745. The highest BCUT2D eigenvalue weighted by molar-refractivity contribution is 6.09. The molecule has 1 aromatic rings. The van der Waals surface area contributed by atoms with Gasteiger partial charge in [0.15, 0.2) is 0 Å². The summed E-state index contributed by atoms with van der Waals surface area (Å²) in [6, 6.07) is 7.85. The average molecular weight is 328 g/mol. The molecule has 2 rings (SSSR count). The molecular formula is C17H20N4O3. The zero-order valence-corrected chi connectivity index (χ0v) is 14.1. The molecule has 1 aromatic carbocycles. The van der Waals surface area contributed by atoms with E-state index in [0.717, 1.165) is 4.90 Å². The molecule has 0 radical (unpaired) electrons. The predicted molar refractivity (Wildman–Crippen MR) is 86.6 cm³/mol. The zero-order chi connectivity index (χ0) is 18.1. The molecule has 0 bridgehead atoms. The number of rotatable bonds is 3. The molecule has 0 aromatic heterocycles. The van der Waals surface area contributed by atoms with E-state index in [-0.39, 0.29) is 6.54 Å². The molecule has 7 heteroatoms. The molecule has 1 atom stereocenters. The second kappa shape index (κ2) is 5.96. The van der Waals surface area contributed by atoms with Crippen LogP contribution in [0.3, 0.4) is 0 Å². The van der Waals surface area contributed by atoms with Crippen LogP contribution >= 0.6 is 0 Å². The molecule has 2 N–H and O–H groups in total. The van der Waals surface area contributed by atoms with Crippen molar-refractivity contribution >= 4 is 17.8 Å². The first-order valence-electron chi connectivity index (χ1n) is 7.52. The van der Waals surface area contributed by atoms with Crippen molar-refractivity contribution in [3.8, 4) is 6.07 Å². The fourth-order valence-electron chi connectivity index (χ4n) is 2.54. The summed E-state index contributed by atoms with van der Waals surface area (Å²) in [5, 5.41) is 14.3. The standard InChI is InChI=1S/C17H20N4O3/c1-16(2,3)19-13(22)10-21-14(23)17(4,20-15(21)24)12-7-5-6-11(8-12)9-18/h5-8H,10H2,1-4H3,(H,19,22)(H,20,24)/t17-/m1/s1. The number of carbonyl (C=O) groups is 3. The van der Waals surface area contributed by atoms with Crippen LogP contribution in [-0.4, -0.2) is 34.8 Å². The van der Waals surface area contributed by atoms with Crippen molar-refractivity contribution in [2.24, 2.45) is 0 Å². The number of nitrogens with one attached hydrogen (secondary N) is 2. The second-order valence-corrected chi connectivity index (χ2v) is 6.94. The maximum atomic E-state index is 12.7. The first-order chi connectivity index (χ1) is 11.1. The van der Waals surface area contributed by atoms with Gasteiger partial charge in [-0.25, -0.2) is 4.79 Å². The van der Waals surface area contributed by atoms with Crippen molar-refractivity contribution in [2.45, 2.75) is 38.8 Å². The monoisotopic (exact) mass is 328 g/mol. The van der Waals surface area contributed by atoms with Crippen molar-refractivity contribution in [1.82, 2.24) is 15.5 Å². The molecule has 0 saturated carbocycles. The molecule has 1 aliphatic heterocycles. The summed E-state index contributed by atoms with van der Waals surface area (Å²) in [5.41, 5.74) is -0.870. The van der Waals surface area contributed by atoms with Gasteiger partial charge in [-0.3, -0.25) is 14.5 Å². The minimum Gasteiger partial charge on any atom is -0.350 e. The quantitative estimate of drug-likeness (QED) is 0.815. The van der Waals surface area contributed by atoms with Gasteiger partial charge in [-0.2, -0.15) is 5.26 Å². The smallest absolute Gasteiger partial charge is 0.325 e. The van der Waals surface area contributed by atoms with E-state index >= 15 is 0 Å². The van der Waals surface area contributed by atoms with Gasteiger partial charge in [-0.05, 0) is 45.4 Å². The van der Waals surface area contributed by atoms with Gasteiger partial charge in [-0.15, -0.1) is 0 Å². The molecule has 126 valence electrons. The van der Waals surface area contributed by atoms with Crippen LogP contribution in [0.2, 0.25) is 0 Å². The molecule has 0 unspecified atom stereocenters. The average Bonchev–Trinajstić information content (AvgIpc) is 2.70. The van der Waals surface area contributed by atoms with Gasteiger partial charge in [0.1, 0.15) is 12.1 Å². The van der Waals surface area contributed by atoms with Crippen molar-refractivity contribution in [3.63, 3.8) is 0 Å². The van der Waals surface area contributed by atoms with Crippen LogP contribution in [0.25, 0.3) is 0 Å². The molecular weight excluding hydrogens is 308 g/mol. The van der Waals surface area contributed by atoms with Crippen LogP contribution < -0.4 is 10.6 Å². The Labute approximate surface area is 140 Å². The van der Waals surface area contributed by atoms with Gasteiger partial charge >= 0.3 is 6.03 Å².